The van der Waals surface area contributed by atoms with Gasteiger partial charge < -0.3 is 10.2 Å². The van der Waals surface area contributed by atoms with Crippen LogP contribution < -0.4 is 0 Å². The lowest BCUT2D eigenvalue weighted by Crippen LogP contribution is -2.23. The highest BCUT2D eigenvalue weighted by molar-refractivity contribution is 5.53. The van der Waals surface area contributed by atoms with E-state index in [2.05, 4.69) is 6.92 Å². The molecule has 0 aromatic heterocycles. The quantitative estimate of drug-likeness (QED) is 0.722. The Hall–Kier alpha value is -0.730. The summed E-state index contributed by atoms with van der Waals surface area (Å²) >= 11 is 0. The molecule has 0 aromatic carbocycles. The Balaban J connectivity index is 0.000000399. The van der Waals surface area contributed by atoms with Crippen molar-refractivity contribution in [3.05, 3.63) is 0 Å². The number of hydrogen-bond donors (Lipinski definition) is 2. The van der Waals surface area contributed by atoms with Crippen molar-refractivity contribution in [1.29, 1.82) is 0 Å². The molecule has 3 nitrogen and oxygen atoms in total. The van der Waals surface area contributed by atoms with Crippen molar-refractivity contribution in [2.45, 2.75) is 77.6 Å². The maximum Gasteiger partial charge on any atom is 0.503 e. The molecule has 0 atom stereocenters. The monoisotopic (exact) mass is 270 g/mol. The Morgan fingerprint density at radius 3 is 1.84 bits per heavy atom. The van der Waals surface area contributed by atoms with Gasteiger partial charge in [0, 0.05) is 0 Å². The minimum atomic E-state index is -1.83. The zero-order valence-electron chi connectivity index (χ0n) is 12.3. The first-order chi connectivity index (χ1) is 9.13. The van der Waals surface area contributed by atoms with Crippen molar-refractivity contribution in [1.82, 2.24) is 0 Å². The largest absolute Gasteiger partial charge is 0.503 e. The van der Waals surface area contributed by atoms with Gasteiger partial charge in [-0.15, -0.1) is 0 Å². The molecule has 0 bridgehead atoms. The van der Waals surface area contributed by atoms with Gasteiger partial charge in [0.05, 0.1) is 0 Å². The summed E-state index contributed by atoms with van der Waals surface area (Å²) < 4.78 is 0. The van der Waals surface area contributed by atoms with Crippen molar-refractivity contribution in [3.63, 3.8) is 0 Å². The van der Waals surface area contributed by atoms with Crippen LogP contribution in [-0.2, 0) is 0 Å². The average Bonchev–Trinajstić information content (AvgIpc) is 2.40. The summed E-state index contributed by atoms with van der Waals surface area (Å²) in [5.41, 5.74) is 0. The lowest BCUT2D eigenvalue weighted by molar-refractivity contribution is 0.137. The molecule has 0 spiro atoms. The van der Waals surface area contributed by atoms with Gasteiger partial charge in [0.25, 0.3) is 0 Å². The van der Waals surface area contributed by atoms with Crippen LogP contribution in [0.5, 0.6) is 0 Å². The molecule has 0 unspecified atom stereocenters. The summed E-state index contributed by atoms with van der Waals surface area (Å²) in [6, 6.07) is 0. The predicted octanol–water partition coefficient (Wildman–Crippen LogP) is 5.40. The van der Waals surface area contributed by atoms with Gasteiger partial charge in [-0.25, -0.2) is 4.79 Å². The van der Waals surface area contributed by atoms with E-state index in [-0.39, 0.29) is 0 Å². The van der Waals surface area contributed by atoms with E-state index in [9.17, 15) is 0 Å². The molecular formula is C16H30O3. The Morgan fingerprint density at radius 1 is 0.895 bits per heavy atom. The second-order valence-electron chi connectivity index (χ2n) is 6.25. The summed E-state index contributed by atoms with van der Waals surface area (Å²) in [4.78, 5) is 8.56. The zero-order valence-corrected chi connectivity index (χ0v) is 12.3. The topological polar surface area (TPSA) is 57.5 Å². The molecule has 2 fully saturated rings. The van der Waals surface area contributed by atoms with Crippen molar-refractivity contribution < 1.29 is 15.0 Å². The number of carbonyl (C=O) groups is 1. The van der Waals surface area contributed by atoms with Gasteiger partial charge in [0.1, 0.15) is 0 Å². The fraction of sp³-hybridized carbons (Fsp3) is 0.938. The third kappa shape index (κ3) is 6.84. The van der Waals surface area contributed by atoms with Gasteiger partial charge >= 0.3 is 6.16 Å². The molecule has 2 N–H and O–H groups in total. The van der Waals surface area contributed by atoms with Crippen LogP contribution in [0.1, 0.15) is 77.6 Å². The van der Waals surface area contributed by atoms with Crippen molar-refractivity contribution in [3.8, 4) is 0 Å². The van der Waals surface area contributed by atoms with E-state index in [1.165, 1.54) is 32.1 Å². The first-order valence-electron chi connectivity index (χ1n) is 8.05. The molecule has 2 saturated carbocycles. The fourth-order valence-electron chi connectivity index (χ4n) is 3.96. The zero-order chi connectivity index (χ0) is 14.1. The summed E-state index contributed by atoms with van der Waals surface area (Å²) in [5.74, 6) is 3.34. The molecule has 19 heavy (non-hydrogen) atoms. The van der Waals surface area contributed by atoms with Crippen molar-refractivity contribution in [2.75, 3.05) is 0 Å². The maximum absolute atomic E-state index is 8.56. The van der Waals surface area contributed by atoms with Crippen LogP contribution in [0, 0.1) is 17.8 Å². The molecule has 2 aliphatic rings. The molecule has 0 amide bonds. The Morgan fingerprint density at radius 2 is 1.37 bits per heavy atom. The molecule has 0 aliphatic heterocycles. The van der Waals surface area contributed by atoms with Crippen LogP contribution in [0.2, 0.25) is 0 Å². The molecule has 0 aromatic rings. The lowest BCUT2D eigenvalue weighted by atomic mass is 9.70. The van der Waals surface area contributed by atoms with Crippen LogP contribution in [0.15, 0.2) is 0 Å². The third-order valence-electron chi connectivity index (χ3n) is 4.90. The highest BCUT2D eigenvalue weighted by atomic mass is 16.6. The van der Waals surface area contributed by atoms with Crippen molar-refractivity contribution >= 4 is 6.16 Å². The Labute approximate surface area is 117 Å². The summed E-state index contributed by atoms with van der Waals surface area (Å²) in [5, 5.41) is 13.9. The molecule has 0 saturated heterocycles. The van der Waals surface area contributed by atoms with Crippen LogP contribution >= 0.6 is 0 Å². The van der Waals surface area contributed by atoms with Crippen LogP contribution in [0.25, 0.3) is 0 Å². The molecule has 0 heterocycles. The standard InChI is InChI=1S/C15H28.CH2O3/c1-2-6-13-9-11-15(12-10-13)14-7-4-3-5-8-14;2-1(3)4/h13-15H,2-12H2,1H3;(H2,2,3,4). The summed E-state index contributed by atoms with van der Waals surface area (Å²) in [6.45, 7) is 2.34. The van der Waals surface area contributed by atoms with Gasteiger partial charge in [-0.1, -0.05) is 64.7 Å². The van der Waals surface area contributed by atoms with E-state index in [1.807, 2.05) is 0 Å². The van der Waals surface area contributed by atoms with Crippen LogP contribution in [0.3, 0.4) is 0 Å². The van der Waals surface area contributed by atoms with Gasteiger partial charge in [0.15, 0.2) is 0 Å². The molecule has 2 rings (SSSR count). The fourth-order valence-corrected chi connectivity index (χ4v) is 3.96. The van der Waals surface area contributed by atoms with Gasteiger partial charge in [-0.3, -0.25) is 0 Å². The number of rotatable bonds is 3. The van der Waals surface area contributed by atoms with Crippen LogP contribution in [-0.4, -0.2) is 16.4 Å². The molecular weight excluding hydrogens is 240 g/mol. The minimum Gasteiger partial charge on any atom is -0.450 e. The first kappa shape index (κ1) is 16.3. The van der Waals surface area contributed by atoms with E-state index in [1.54, 1.807) is 38.5 Å². The molecule has 112 valence electrons. The van der Waals surface area contributed by atoms with Gasteiger partial charge in [-0.2, -0.15) is 0 Å². The second-order valence-corrected chi connectivity index (χ2v) is 6.25. The number of hydrogen-bond acceptors (Lipinski definition) is 1. The van der Waals surface area contributed by atoms with E-state index in [0.717, 1.165) is 17.8 Å². The van der Waals surface area contributed by atoms with E-state index in [4.69, 9.17) is 15.0 Å². The van der Waals surface area contributed by atoms with E-state index >= 15 is 0 Å². The Kier molecular flexibility index (Phi) is 7.92. The number of carboxylic acid groups (broad SMARTS) is 2. The van der Waals surface area contributed by atoms with Crippen LogP contribution in [0.4, 0.5) is 4.79 Å². The van der Waals surface area contributed by atoms with Gasteiger partial charge in [0.2, 0.25) is 0 Å². The maximum atomic E-state index is 8.56. The molecule has 3 heteroatoms. The van der Waals surface area contributed by atoms with E-state index in [0.29, 0.717) is 0 Å². The first-order valence-corrected chi connectivity index (χ1v) is 8.05. The molecule has 0 radical (unpaired) electrons. The second kappa shape index (κ2) is 9.22. The normalized spacial score (nSPS) is 28.3. The highest BCUT2D eigenvalue weighted by Crippen LogP contribution is 2.40. The molecule has 2 aliphatic carbocycles. The highest BCUT2D eigenvalue weighted by Gasteiger charge is 2.27. The van der Waals surface area contributed by atoms with Crippen molar-refractivity contribution in [2.24, 2.45) is 17.8 Å². The average molecular weight is 270 g/mol. The third-order valence-corrected chi connectivity index (χ3v) is 4.90. The summed E-state index contributed by atoms with van der Waals surface area (Å²) in [6.07, 6.45) is 15.0. The smallest absolute Gasteiger partial charge is 0.450 e. The Bertz CT molecular complexity index is 234. The van der Waals surface area contributed by atoms with E-state index < -0.39 is 6.16 Å². The van der Waals surface area contributed by atoms with Gasteiger partial charge in [-0.05, 0) is 30.6 Å². The lowest BCUT2D eigenvalue weighted by Gasteiger charge is -2.35. The SMILES string of the molecule is CCCC1CCC(C2CCCCC2)CC1.O=C(O)O. The minimum absolute atomic E-state index is 1.09. The summed E-state index contributed by atoms with van der Waals surface area (Å²) in [7, 11) is 0. The predicted molar refractivity (Wildman–Crippen MR) is 77.6 cm³/mol.